The average Bonchev–Trinajstić information content (AvgIpc) is 2.40. The molecule has 2 unspecified atom stereocenters. The van der Waals surface area contributed by atoms with E-state index in [-0.39, 0.29) is 12.0 Å². The molecule has 1 aliphatic rings. The number of rotatable bonds is 2. The highest BCUT2D eigenvalue weighted by molar-refractivity contribution is 5.61. The number of hydrogen-bond acceptors (Lipinski definition) is 3. The number of nitrogens with one attached hydrogen (secondary N) is 1. The van der Waals surface area contributed by atoms with Crippen LogP contribution in [0.25, 0.3) is 0 Å². The van der Waals surface area contributed by atoms with Crippen LogP contribution in [0.15, 0.2) is 18.2 Å². The van der Waals surface area contributed by atoms with Crippen molar-refractivity contribution in [1.29, 1.82) is 10.5 Å². The highest BCUT2D eigenvalue weighted by Crippen LogP contribution is 2.28. The molecule has 0 aliphatic heterocycles. The van der Waals surface area contributed by atoms with Gasteiger partial charge in [-0.3, -0.25) is 0 Å². The Kier molecular flexibility index (Phi) is 3.85. The average molecular weight is 239 g/mol. The van der Waals surface area contributed by atoms with Crippen molar-refractivity contribution in [2.45, 2.75) is 38.6 Å². The van der Waals surface area contributed by atoms with Crippen molar-refractivity contribution in [2.24, 2.45) is 5.92 Å². The molecule has 2 atom stereocenters. The third-order valence-corrected chi connectivity index (χ3v) is 3.66. The second-order valence-corrected chi connectivity index (χ2v) is 4.88. The number of nitriles is 2. The monoisotopic (exact) mass is 239 g/mol. The van der Waals surface area contributed by atoms with Gasteiger partial charge in [0.2, 0.25) is 0 Å². The Morgan fingerprint density at radius 2 is 2.00 bits per heavy atom. The van der Waals surface area contributed by atoms with Crippen LogP contribution in [0.1, 0.15) is 36.8 Å². The van der Waals surface area contributed by atoms with Crippen LogP contribution in [0.3, 0.4) is 0 Å². The molecule has 0 bridgehead atoms. The molecule has 1 aliphatic carbocycles. The normalized spacial score (nSPS) is 22.8. The van der Waals surface area contributed by atoms with E-state index in [1.807, 2.05) is 25.1 Å². The minimum atomic E-state index is 0.0609. The van der Waals surface area contributed by atoms with Gasteiger partial charge in [0.05, 0.1) is 23.2 Å². The molecule has 3 heteroatoms. The zero-order valence-electron chi connectivity index (χ0n) is 10.6. The Hall–Kier alpha value is -2.00. The maximum atomic E-state index is 9.20. The van der Waals surface area contributed by atoms with Crippen molar-refractivity contribution in [3.63, 3.8) is 0 Å². The quantitative estimate of drug-likeness (QED) is 0.860. The summed E-state index contributed by atoms with van der Waals surface area (Å²) in [4.78, 5) is 0. The minimum Gasteiger partial charge on any atom is -0.380 e. The van der Waals surface area contributed by atoms with Gasteiger partial charge in [-0.25, -0.2) is 0 Å². The third-order valence-electron chi connectivity index (χ3n) is 3.66. The third kappa shape index (κ3) is 2.46. The number of aryl methyl sites for hydroxylation is 1. The van der Waals surface area contributed by atoms with Gasteiger partial charge in [-0.05, 0) is 31.4 Å². The van der Waals surface area contributed by atoms with Crippen molar-refractivity contribution in [3.8, 4) is 12.1 Å². The van der Waals surface area contributed by atoms with Gasteiger partial charge in [-0.2, -0.15) is 10.5 Å². The van der Waals surface area contributed by atoms with Crippen LogP contribution in [0.2, 0.25) is 0 Å². The summed E-state index contributed by atoms with van der Waals surface area (Å²) in [6.07, 6.45) is 4.26. The van der Waals surface area contributed by atoms with Gasteiger partial charge in [0.25, 0.3) is 0 Å². The lowest BCUT2D eigenvalue weighted by Gasteiger charge is -2.29. The summed E-state index contributed by atoms with van der Waals surface area (Å²) in [7, 11) is 0. The van der Waals surface area contributed by atoms with E-state index in [1.54, 1.807) is 0 Å². The van der Waals surface area contributed by atoms with Crippen molar-refractivity contribution < 1.29 is 0 Å². The molecule has 0 saturated heterocycles. The fraction of sp³-hybridized carbons (Fsp3) is 0.467. The number of anilines is 1. The second kappa shape index (κ2) is 5.56. The van der Waals surface area contributed by atoms with Gasteiger partial charge in [0.15, 0.2) is 0 Å². The molecular weight excluding hydrogens is 222 g/mol. The van der Waals surface area contributed by atoms with E-state index >= 15 is 0 Å². The zero-order valence-corrected chi connectivity index (χ0v) is 10.6. The molecule has 0 amide bonds. The molecule has 1 aromatic carbocycles. The molecule has 92 valence electrons. The lowest BCUT2D eigenvalue weighted by molar-refractivity contribution is 0.389. The Morgan fingerprint density at radius 3 is 2.72 bits per heavy atom. The SMILES string of the molecule is Cc1cccc(NC2CCCCC2C#N)c1C#N. The number of hydrogen-bond donors (Lipinski definition) is 1. The van der Waals surface area contributed by atoms with E-state index in [4.69, 9.17) is 5.26 Å². The van der Waals surface area contributed by atoms with E-state index in [1.165, 1.54) is 0 Å². The van der Waals surface area contributed by atoms with Crippen LogP contribution in [-0.2, 0) is 0 Å². The zero-order chi connectivity index (χ0) is 13.0. The summed E-state index contributed by atoms with van der Waals surface area (Å²) < 4.78 is 0. The molecule has 0 radical (unpaired) electrons. The molecule has 0 spiro atoms. The van der Waals surface area contributed by atoms with Crippen LogP contribution in [0.4, 0.5) is 5.69 Å². The van der Waals surface area contributed by atoms with E-state index in [9.17, 15) is 5.26 Å². The van der Waals surface area contributed by atoms with Crippen molar-refractivity contribution in [2.75, 3.05) is 5.32 Å². The van der Waals surface area contributed by atoms with E-state index in [0.717, 1.165) is 36.9 Å². The molecule has 0 aromatic heterocycles. The molecule has 1 aromatic rings. The maximum absolute atomic E-state index is 9.20. The molecule has 1 N–H and O–H groups in total. The van der Waals surface area contributed by atoms with Crippen LogP contribution in [-0.4, -0.2) is 6.04 Å². The lowest BCUT2D eigenvalue weighted by Crippen LogP contribution is -2.31. The highest BCUT2D eigenvalue weighted by Gasteiger charge is 2.25. The number of nitrogens with zero attached hydrogens (tertiary/aromatic N) is 2. The first kappa shape index (κ1) is 12.5. The molecule has 0 heterocycles. The van der Waals surface area contributed by atoms with Crippen LogP contribution < -0.4 is 5.32 Å². The smallest absolute Gasteiger partial charge is 0.102 e. The van der Waals surface area contributed by atoms with E-state index < -0.39 is 0 Å². The Labute approximate surface area is 108 Å². The first-order valence-corrected chi connectivity index (χ1v) is 6.42. The topological polar surface area (TPSA) is 59.6 Å². The van der Waals surface area contributed by atoms with Gasteiger partial charge in [-0.1, -0.05) is 25.0 Å². The van der Waals surface area contributed by atoms with E-state index in [2.05, 4.69) is 17.5 Å². The summed E-state index contributed by atoms with van der Waals surface area (Å²) in [6, 6.07) is 10.6. The maximum Gasteiger partial charge on any atom is 0.102 e. The second-order valence-electron chi connectivity index (χ2n) is 4.88. The van der Waals surface area contributed by atoms with E-state index in [0.29, 0.717) is 5.56 Å². The minimum absolute atomic E-state index is 0.0609. The molecule has 3 nitrogen and oxygen atoms in total. The molecule has 2 rings (SSSR count). The lowest BCUT2D eigenvalue weighted by atomic mass is 9.85. The van der Waals surface area contributed by atoms with Crippen molar-refractivity contribution in [1.82, 2.24) is 0 Å². The highest BCUT2D eigenvalue weighted by atomic mass is 14.9. The molecule has 1 saturated carbocycles. The molecule has 1 fully saturated rings. The van der Waals surface area contributed by atoms with Crippen LogP contribution in [0, 0.1) is 35.5 Å². The van der Waals surface area contributed by atoms with Crippen molar-refractivity contribution >= 4 is 5.69 Å². The summed E-state index contributed by atoms with van der Waals surface area (Å²) in [6.45, 7) is 1.94. The van der Waals surface area contributed by atoms with Crippen LogP contribution in [0.5, 0.6) is 0 Å². The Morgan fingerprint density at radius 1 is 1.22 bits per heavy atom. The first-order valence-electron chi connectivity index (χ1n) is 6.42. The Balaban J connectivity index is 2.21. The van der Waals surface area contributed by atoms with Crippen LogP contribution >= 0.6 is 0 Å². The largest absolute Gasteiger partial charge is 0.380 e. The van der Waals surface area contributed by atoms with Gasteiger partial charge >= 0.3 is 0 Å². The first-order chi connectivity index (χ1) is 8.76. The number of benzene rings is 1. The molecule has 18 heavy (non-hydrogen) atoms. The molecular formula is C15H17N3. The predicted molar refractivity (Wildman–Crippen MR) is 70.9 cm³/mol. The van der Waals surface area contributed by atoms with Gasteiger partial charge in [-0.15, -0.1) is 0 Å². The van der Waals surface area contributed by atoms with Gasteiger partial charge in [0, 0.05) is 6.04 Å². The van der Waals surface area contributed by atoms with Gasteiger partial charge in [0.1, 0.15) is 6.07 Å². The Bertz CT molecular complexity index is 507. The van der Waals surface area contributed by atoms with Crippen molar-refractivity contribution in [3.05, 3.63) is 29.3 Å². The summed E-state index contributed by atoms with van der Waals surface area (Å²) in [5.41, 5.74) is 2.54. The van der Waals surface area contributed by atoms with Gasteiger partial charge < -0.3 is 5.32 Å². The summed E-state index contributed by atoms with van der Waals surface area (Å²) in [5.74, 6) is 0.0609. The fourth-order valence-electron chi connectivity index (χ4n) is 2.59. The predicted octanol–water partition coefficient (Wildman–Crippen LogP) is 3.36. The fourth-order valence-corrected chi connectivity index (χ4v) is 2.59. The summed E-state index contributed by atoms with van der Waals surface area (Å²) in [5, 5.41) is 21.8. The standard InChI is InChI=1S/C15H17N3/c1-11-5-4-8-15(13(11)10-17)18-14-7-3-2-6-12(14)9-16/h4-5,8,12,14,18H,2-3,6-7H2,1H3. The summed E-state index contributed by atoms with van der Waals surface area (Å²) >= 11 is 0.